The molecule has 0 saturated carbocycles. The third kappa shape index (κ3) is 8.21. The van der Waals surface area contributed by atoms with E-state index in [1.807, 2.05) is 13.0 Å². The highest BCUT2D eigenvalue weighted by molar-refractivity contribution is 5.75. The van der Waals surface area contributed by atoms with E-state index < -0.39 is 0 Å². The van der Waals surface area contributed by atoms with Crippen molar-refractivity contribution in [2.24, 2.45) is 0 Å². The van der Waals surface area contributed by atoms with Crippen LogP contribution in [0.3, 0.4) is 0 Å². The molecule has 0 bridgehead atoms. The molecule has 0 aliphatic carbocycles. The van der Waals surface area contributed by atoms with Crippen molar-refractivity contribution < 1.29 is 9.53 Å². The molecule has 1 atom stereocenters. The molecule has 1 heterocycles. The van der Waals surface area contributed by atoms with E-state index in [0.717, 1.165) is 50.9 Å². The van der Waals surface area contributed by atoms with E-state index in [2.05, 4.69) is 51.3 Å². The van der Waals surface area contributed by atoms with Gasteiger partial charge < -0.3 is 14.6 Å². The molecular weight excluding hydrogens is 352 g/mol. The number of unbranched alkanes of at least 4 members (excludes halogenated alkanes) is 1. The van der Waals surface area contributed by atoms with Gasteiger partial charge in [-0.25, -0.2) is 0 Å². The van der Waals surface area contributed by atoms with Gasteiger partial charge in [0.1, 0.15) is 12.2 Å². The van der Waals surface area contributed by atoms with Crippen LogP contribution in [0.1, 0.15) is 57.3 Å². The molecule has 28 heavy (non-hydrogen) atoms. The molecule has 2 rings (SSSR count). The van der Waals surface area contributed by atoms with E-state index in [4.69, 9.17) is 4.74 Å². The number of nitrogens with zero attached hydrogens (tertiary/aromatic N) is 3. The largest absolute Gasteiger partial charge is 0.377 e. The first-order chi connectivity index (χ1) is 13.7. The summed E-state index contributed by atoms with van der Waals surface area (Å²) in [6.45, 7) is 6.29. The molecule has 6 heteroatoms. The summed E-state index contributed by atoms with van der Waals surface area (Å²) in [6, 6.07) is 10.4. The smallest absolute Gasteiger partial charge is 0.220 e. The Hall–Kier alpha value is -2.21. The zero-order valence-electron chi connectivity index (χ0n) is 17.3. The van der Waals surface area contributed by atoms with Crippen molar-refractivity contribution in [1.82, 2.24) is 20.1 Å². The Bertz CT molecular complexity index is 666. The minimum absolute atomic E-state index is 0.103. The van der Waals surface area contributed by atoms with Gasteiger partial charge in [-0.15, -0.1) is 10.2 Å². The maximum Gasteiger partial charge on any atom is 0.220 e. The first-order valence-electron chi connectivity index (χ1n) is 10.5. The predicted octanol–water partition coefficient (Wildman–Crippen LogP) is 3.56. The van der Waals surface area contributed by atoms with Crippen LogP contribution in [0.15, 0.2) is 36.7 Å². The summed E-state index contributed by atoms with van der Waals surface area (Å²) >= 11 is 0. The van der Waals surface area contributed by atoms with Crippen molar-refractivity contribution in [2.45, 2.75) is 71.4 Å². The number of hydrogen-bond acceptors (Lipinski definition) is 4. The molecule has 0 radical (unpaired) electrons. The molecule has 0 spiro atoms. The van der Waals surface area contributed by atoms with E-state index in [9.17, 15) is 4.79 Å². The highest BCUT2D eigenvalue weighted by Gasteiger charge is 2.10. The number of hydrogen-bond donors (Lipinski definition) is 1. The Balaban J connectivity index is 1.64. The Kier molecular flexibility index (Phi) is 10.3. The third-order valence-corrected chi connectivity index (χ3v) is 4.77. The lowest BCUT2D eigenvalue weighted by Crippen LogP contribution is -2.33. The highest BCUT2D eigenvalue weighted by atomic mass is 16.5. The van der Waals surface area contributed by atoms with Crippen LogP contribution in [0.2, 0.25) is 0 Å². The van der Waals surface area contributed by atoms with Crippen molar-refractivity contribution in [3.8, 4) is 0 Å². The fourth-order valence-electron chi connectivity index (χ4n) is 3.24. The number of benzene rings is 1. The first-order valence-corrected chi connectivity index (χ1v) is 10.5. The maximum atomic E-state index is 12.0. The van der Waals surface area contributed by atoms with Gasteiger partial charge in [0.15, 0.2) is 0 Å². The molecule has 6 nitrogen and oxygen atoms in total. The standard InChI is InChI=1S/C22H34N4O2/c1-3-10-20(28-4-2)17-23-22(27)14-9-8-13-21-25-24-18-26(21)16-15-19-11-6-5-7-12-19/h5-7,11-12,18,20H,3-4,8-10,13-17H2,1-2H3,(H,23,27). The second kappa shape index (κ2) is 13.0. The Morgan fingerprint density at radius 1 is 1.18 bits per heavy atom. The first kappa shape index (κ1) is 22.1. The summed E-state index contributed by atoms with van der Waals surface area (Å²) in [4.78, 5) is 12.0. The molecular formula is C22H34N4O2. The van der Waals surface area contributed by atoms with Crippen molar-refractivity contribution in [1.29, 1.82) is 0 Å². The van der Waals surface area contributed by atoms with Crippen molar-refractivity contribution >= 4 is 5.91 Å². The number of rotatable bonds is 14. The second-order valence-electron chi connectivity index (χ2n) is 7.05. The van der Waals surface area contributed by atoms with Gasteiger partial charge in [0.05, 0.1) is 6.10 Å². The normalized spacial score (nSPS) is 12.1. The van der Waals surface area contributed by atoms with Crippen molar-refractivity contribution in [2.75, 3.05) is 13.2 Å². The molecule has 1 unspecified atom stereocenters. The number of carbonyl (C=O) groups excluding carboxylic acids is 1. The zero-order chi connectivity index (χ0) is 20.0. The van der Waals surface area contributed by atoms with Crippen LogP contribution in [0, 0.1) is 0 Å². The molecule has 0 fully saturated rings. The lowest BCUT2D eigenvalue weighted by Gasteiger charge is -2.16. The average Bonchev–Trinajstić information content (AvgIpc) is 3.16. The van der Waals surface area contributed by atoms with Crippen LogP contribution in [0.4, 0.5) is 0 Å². The second-order valence-corrected chi connectivity index (χ2v) is 7.05. The molecule has 1 amide bonds. The number of amides is 1. The monoisotopic (exact) mass is 386 g/mol. The molecule has 1 aromatic heterocycles. The summed E-state index contributed by atoms with van der Waals surface area (Å²) in [5.74, 6) is 1.10. The topological polar surface area (TPSA) is 69.0 Å². The van der Waals surface area contributed by atoms with Crippen LogP contribution in [0.5, 0.6) is 0 Å². The quantitative estimate of drug-likeness (QED) is 0.504. The number of aromatic nitrogens is 3. The third-order valence-electron chi connectivity index (χ3n) is 4.77. The van der Waals surface area contributed by atoms with Crippen LogP contribution >= 0.6 is 0 Å². The molecule has 1 aromatic carbocycles. The van der Waals surface area contributed by atoms with Crippen LogP contribution in [-0.4, -0.2) is 39.9 Å². The van der Waals surface area contributed by atoms with Crippen molar-refractivity contribution in [3.05, 3.63) is 48.0 Å². The summed E-state index contributed by atoms with van der Waals surface area (Å²) < 4.78 is 7.76. The van der Waals surface area contributed by atoms with Gasteiger partial charge >= 0.3 is 0 Å². The highest BCUT2D eigenvalue weighted by Crippen LogP contribution is 2.07. The molecule has 0 saturated heterocycles. The van der Waals surface area contributed by atoms with Crippen molar-refractivity contribution in [3.63, 3.8) is 0 Å². The van der Waals surface area contributed by atoms with Gasteiger partial charge in [0.2, 0.25) is 5.91 Å². The summed E-state index contributed by atoms with van der Waals surface area (Å²) in [5.41, 5.74) is 1.31. The van der Waals surface area contributed by atoms with E-state index in [0.29, 0.717) is 19.6 Å². The van der Waals surface area contributed by atoms with Crippen LogP contribution < -0.4 is 5.32 Å². The summed E-state index contributed by atoms with van der Waals surface area (Å²) in [7, 11) is 0. The van der Waals surface area contributed by atoms with Gasteiger partial charge in [0.25, 0.3) is 0 Å². The molecule has 2 aromatic rings. The Labute approximate surface area is 168 Å². The SMILES string of the molecule is CCCC(CNC(=O)CCCCc1nncn1CCc1ccccc1)OCC. The van der Waals surface area contributed by atoms with Gasteiger partial charge in [-0.1, -0.05) is 43.7 Å². The molecule has 1 N–H and O–H groups in total. The number of nitrogens with one attached hydrogen (secondary N) is 1. The summed E-state index contributed by atoms with van der Waals surface area (Å²) in [6.07, 6.45) is 8.11. The van der Waals surface area contributed by atoms with Gasteiger partial charge in [-0.2, -0.15) is 0 Å². The van der Waals surface area contributed by atoms with Crippen LogP contribution in [0.25, 0.3) is 0 Å². The lowest BCUT2D eigenvalue weighted by atomic mass is 10.1. The fraction of sp³-hybridized carbons (Fsp3) is 0.591. The fourth-order valence-corrected chi connectivity index (χ4v) is 3.24. The van der Waals surface area contributed by atoms with E-state index in [-0.39, 0.29) is 12.0 Å². The number of ether oxygens (including phenoxy) is 1. The van der Waals surface area contributed by atoms with E-state index in [1.54, 1.807) is 6.33 Å². The predicted molar refractivity (Wildman–Crippen MR) is 111 cm³/mol. The summed E-state index contributed by atoms with van der Waals surface area (Å²) in [5, 5.41) is 11.3. The zero-order valence-corrected chi connectivity index (χ0v) is 17.3. The van der Waals surface area contributed by atoms with E-state index in [1.165, 1.54) is 5.56 Å². The lowest BCUT2D eigenvalue weighted by molar-refractivity contribution is -0.121. The minimum Gasteiger partial charge on any atom is -0.377 e. The number of carbonyl (C=O) groups is 1. The molecule has 0 aliphatic rings. The van der Waals surface area contributed by atoms with Gasteiger partial charge in [-0.05, 0) is 38.2 Å². The molecule has 154 valence electrons. The number of aryl methyl sites for hydroxylation is 3. The van der Waals surface area contributed by atoms with Crippen LogP contribution in [-0.2, 0) is 28.9 Å². The van der Waals surface area contributed by atoms with E-state index >= 15 is 0 Å². The average molecular weight is 387 g/mol. The van der Waals surface area contributed by atoms with Gasteiger partial charge in [0, 0.05) is 32.5 Å². The Morgan fingerprint density at radius 2 is 2.00 bits per heavy atom. The van der Waals surface area contributed by atoms with Gasteiger partial charge in [-0.3, -0.25) is 4.79 Å². The Morgan fingerprint density at radius 3 is 2.75 bits per heavy atom. The maximum absolute atomic E-state index is 12.0. The minimum atomic E-state index is 0.103. The molecule has 0 aliphatic heterocycles.